The summed E-state index contributed by atoms with van der Waals surface area (Å²) in [6, 6.07) is 7.65. The number of aryl methyl sites for hydroxylation is 2. The monoisotopic (exact) mass is 343 g/mol. The van der Waals surface area contributed by atoms with Crippen LogP contribution in [0.5, 0.6) is 0 Å². The second-order valence-electron chi connectivity index (χ2n) is 5.22. The fraction of sp³-hybridized carbons (Fsp3) is 0.125. The molecular formula is C16H14ClN5O2. The second kappa shape index (κ2) is 6.29. The maximum atomic E-state index is 12.2. The van der Waals surface area contributed by atoms with Gasteiger partial charge in [0.1, 0.15) is 0 Å². The molecule has 8 heteroatoms. The van der Waals surface area contributed by atoms with E-state index in [-0.39, 0.29) is 5.56 Å². The number of rotatable bonds is 2. The molecule has 3 rings (SSSR count). The summed E-state index contributed by atoms with van der Waals surface area (Å²) in [5.41, 5.74) is 2.20. The van der Waals surface area contributed by atoms with Crippen LogP contribution in [0.3, 0.4) is 0 Å². The largest absolute Gasteiger partial charge is 0.326 e. The number of pyridine rings is 1. The SMILES string of the molecule is Cc1nn(C)c2ncc(C(=O)NC(=O)Nc3cccc(Cl)c3)cc12. The first-order valence-electron chi connectivity index (χ1n) is 7.11. The van der Waals surface area contributed by atoms with Crippen molar-refractivity contribution in [3.63, 3.8) is 0 Å². The Hall–Kier alpha value is -2.93. The first-order chi connectivity index (χ1) is 11.4. The number of imide groups is 1. The van der Waals surface area contributed by atoms with Crippen LogP contribution in [0, 0.1) is 6.92 Å². The van der Waals surface area contributed by atoms with E-state index in [1.807, 2.05) is 6.92 Å². The number of fused-ring (bicyclic) bond motifs is 1. The molecule has 1 aromatic carbocycles. The molecule has 2 heterocycles. The van der Waals surface area contributed by atoms with E-state index in [1.165, 1.54) is 6.20 Å². The number of hydrogen-bond acceptors (Lipinski definition) is 4. The molecule has 0 aliphatic rings. The lowest BCUT2D eigenvalue weighted by Gasteiger charge is -2.07. The van der Waals surface area contributed by atoms with Crippen LogP contribution < -0.4 is 10.6 Å². The minimum absolute atomic E-state index is 0.278. The van der Waals surface area contributed by atoms with E-state index >= 15 is 0 Å². The van der Waals surface area contributed by atoms with Gasteiger partial charge in [-0.2, -0.15) is 5.10 Å². The minimum Gasteiger partial charge on any atom is -0.308 e. The Morgan fingerprint density at radius 3 is 2.79 bits per heavy atom. The molecule has 24 heavy (non-hydrogen) atoms. The Bertz CT molecular complexity index is 951. The van der Waals surface area contributed by atoms with E-state index < -0.39 is 11.9 Å². The third-order valence-corrected chi connectivity index (χ3v) is 3.67. The van der Waals surface area contributed by atoms with Gasteiger partial charge >= 0.3 is 6.03 Å². The van der Waals surface area contributed by atoms with Gasteiger partial charge in [0.05, 0.1) is 11.3 Å². The summed E-state index contributed by atoms with van der Waals surface area (Å²) in [6.07, 6.45) is 1.41. The minimum atomic E-state index is -0.648. The van der Waals surface area contributed by atoms with Crippen molar-refractivity contribution in [1.29, 1.82) is 0 Å². The van der Waals surface area contributed by atoms with E-state index in [0.717, 1.165) is 11.1 Å². The van der Waals surface area contributed by atoms with Crippen LogP contribution in [-0.2, 0) is 7.05 Å². The second-order valence-corrected chi connectivity index (χ2v) is 5.66. The van der Waals surface area contributed by atoms with Crippen molar-refractivity contribution in [2.75, 3.05) is 5.32 Å². The zero-order valence-electron chi connectivity index (χ0n) is 13.0. The Morgan fingerprint density at radius 2 is 2.04 bits per heavy atom. The quantitative estimate of drug-likeness (QED) is 0.748. The standard InChI is InChI=1S/C16H14ClN5O2/c1-9-13-6-10(8-18-14(13)22(2)21-9)15(23)20-16(24)19-12-5-3-4-11(17)7-12/h3-8H,1-2H3,(H2,19,20,23,24). The van der Waals surface area contributed by atoms with E-state index in [4.69, 9.17) is 11.6 Å². The molecule has 0 saturated carbocycles. The average Bonchev–Trinajstić information content (AvgIpc) is 2.81. The van der Waals surface area contributed by atoms with Crippen LogP contribution in [0.15, 0.2) is 36.5 Å². The van der Waals surface area contributed by atoms with Crippen molar-refractivity contribution in [2.24, 2.45) is 7.05 Å². The fourth-order valence-corrected chi connectivity index (χ4v) is 2.53. The van der Waals surface area contributed by atoms with Gasteiger partial charge in [-0.3, -0.25) is 14.8 Å². The van der Waals surface area contributed by atoms with Crippen molar-refractivity contribution in [3.05, 3.63) is 52.8 Å². The summed E-state index contributed by atoms with van der Waals surface area (Å²) in [4.78, 5) is 28.3. The number of nitrogens with one attached hydrogen (secondary N) is 2. The summed E-state index contributed by atoms with van der Waals surface area (Å²) >= 11 is 5.85. The molecule has 2 N–H and O–H groups in total. The third-order valence-electron chi connectivity index (χ3n) is 3.43. The molecule has 0 unspecified atom stereocenters. The molecule has 122 valence electrons. The van der Waals surface area contributed by atoms with Crippen LogP contribution in [0.25, 0.3) is 11.0 Å². The molecule has 3 aromatic rings. The molecule has 0 aliphatic carbocycles. The van der Waals surface area contributed by atoms with E-state index in [9.17, 15) is 9.59 Å². The van der Waals surface area contributed by atoms with Gasteiger partial charge in [0.15, 0.2) is 5.65 Å². The van der Waals surface area contributed by atoms with E-state index in [1.54, 1.807) is 42.1 Å². The molecule has 0 atom stereocenters. The van der Waals surface area contributed by atoms with Crippen LogP contribution >= 0.6 is 11.6 Å². The molecular weight excluding hydrogens is 330 g/mol. The zero-order valence-corrected chi connectivity index (χ0v) is 13.8. The number of aromatic nitrogens is 3. The number of hydrogen-bond donors (Lipinski definition) is 2. The van der Waals surface area contributed by atoms with Gasteiger partial charge in [-0.15, -0.1) is 0 Å². The zero-order chi connectivity index (χ0) is 17.3. The highest BCUT2D eigenvalue weighted by Crippen LogP contribution is 2.17. The Labute approximate surface area is 142 Å². The average molecular weight is 344 g/mol. The summed E-state index contributed by atoms with van der Waals surface area (Å²) in [6.45, 7) is 1.83. The van der Waals surface area contributed by atoms with Crippen LogP contribution in [-0.4, -0.2) is 26.7 Å². The molecule has 3 amide bonds. The van der Waals surface area contributed by atoms with Gasteiger partial charge in [0, 0.05) is 29.3 Å². The molecule has 0 aliphatic heterocycles. The lowest BCUT2D eigenvalue weighted by atomic mass is 10.2. The van der Waals surface area contributed by atoms with Gasteiger partial charge in [-0.25, -0.2) is 9.78 Å². The predicted molar refractivity (Wildman–Crippen MR) is 91.2 cm³/mol. The van der Waals surface area contributed by atoms with E-state index in [2.05, 4.69) is 20.7 Å². The molecule has 0 bridgehead atoms. The number of amides is 3. The van der Waals surface area contributed by atoms with Gasteiger partial charge in [0.2, 0.25) is 0 Å². The first kappa shape index (κ1) is 15.9. The maximum absolute atomic E-state index is 12.2. The Kier molecular flexibility index (Phi) is 4.18. The molecule has 2 aromatic heterocycles. The first-order valence-corrected chi connectivity index (χ1v) is 7.49. The van der Waals surface area contributed by atoms with E-state index in [0.29, 0.717) is 16.4 Å². The highest BCUT2D eigenvalue weighted by molar-refractivity contribution is 6.30. The van der Waals surface area contributed by atoms with Gasteiger partial charge in [-0.05, 0) is 31.2 Å². The number of anilines is 1. The van der Waals surface area contributed by atoms with Crippen molar-refractivity contribution in [2.45, 2.75) is 6.92 Å². The number of halogens is 1. The van der Waals surface area contributed by atoms with Crippen molar-refractivity contribution >= 4 is 40.3 Å². The smallest absolute Gasteiger partial charge is 0.308 e. The van der Waals surface area contributed by atoms with Crippen LogP contribution in [0.1, 0.15) is 16.1 Å². The predicted octanol–water partition coefficient (Wildman–Crippen LogP) is 2.89. The lowest BCUT2D eigenvalue weighted by molar-refractivity contribution is 0.0967. The van der Waals surface area contributed by atoms with Crippen LogP contribution in [0.4, 0.5) is 10.5 Å². The maximum Gasteiger partial charge on any atom is 0.326 e. The topological polar surface area (TPSA) is 88.9 Å². The van der Waals surface area contributed by atoms with Crippen LogP contribution in [0.2, 0.25) is 5.02 Å². The lowest BCUT2D eigenvalue weighted by Crippen LogP contribution is -2.34. The summed E-state index contributed by atoms with van der Waals surface area (Å²) < 4.78 is 1.64. The Balaban J connectivity index is 1.74. The van der Waals surface area contributed by atoms with Crippen molar-refractivity contribution < 1.29 is 9.59 Å². The van der Waals surface area contributed by atoms with Gasteiger partial charge < -0.3 is 5.32 Å². The summed E-state index contributed by atoms with van der Waals surface area (Å²) in [5, 5.41) is 10.3. The number of carbonyl (C=O) groups excluding carboxylic acids is 2. The highest BCUT2D eigenvalue weighted by atomic mass is 35.5. The third kappa shape index (κ3) is 3.21. The molecule has 0 saturated heterocycles. The fourth-order valence-electron chi connectivity index (χ4n) is 2.34. The molecule has 0 fully saturated rings. The number of carbonyl (C=O) groups is 2. The molecule has 0 radical (unpaired) electrons. The highest BCUT2D eigenvalue weighted by Gasteiger charge is 2.14. The summed E-state index contributed by atoms with van der Waals surface area (Å²) in [7, 11) is 1.78. The number of nitrogens with zero attached hydrogens (tertiary/aromatic N) is 3. The van der Waals surface area contributed by atoms with Crippen molar-refractivity contribution in [1.82, 2.24) is 20.1 Å². The van der Waals surface area contributed by atoms with Crippen molar-refractivity contribution in [3.8, 4) is 0 Å². The van der Waals surface area contributed by atoms with Gasteiger partial charge in [0.25, 0.3) is 5.91 Å². The molecule has 0 spiro atoms. The molecule has 7 nitrogen and oxygen atoms in total. The number of benzene rings is 1. The van der Waals surface area contributed by atoms with Gasteiger partial charge in [-0.1, -0.05) is 17.7 Å². The summed E-state index contributed by atoms with van der Waals surface area (Å²) in [5.74, 6) is -0.549. The Morgan fingerprint density at radius 1 is 1.25 bits per heavy atom. The normalized spacial score (nSPS) is 10.6. The number of urea groups is 1.